The topological polar surface area (TPSA) is 66.4 Å². The van der Waals surface area contributed by atoms with Crippen molar-refractivity contribution in [2.45, 2.75) is 13.8 Å². The maximum absolute atomic E-state index is 10.6. The second-order valence-electron chi connectivity index (χ2n) is 2.16. The first-order valence-corrected chi connectivity index (χ1v) is 4.39. The molecule has 0 unspecified atom stereocenters. The van der Waals surface area contributed by atoms with Gasteiger partial charge in [0.1, 0.15) is 5.75 Å². The van der Waals surface area contributed by atoms with Gasteiger partial charge in [0, 0.05) is 5.69 Å². The van der Waals surface area contributed by atoms with Crippen molar-refractivity contribution in [1.29, 1.82) is 0 Å². The molecule has 0 aliphatic carbocycles. The van der Waals surface area contributed by atoms with Crippen LogP contribution < -0.4 is 10.5 Å². The van der Waals surface area contributed by atoms with Crippen LogP contribution in [0.25, 0.3) is 5.32 Å². The number of carbonyl (C=O) groups is 1. The maximum atomic E-state index is 10.6. The van der Waals surface area contributed by atoms with E-state index in [9.17, 15) is 4.79 Å². The van der Waals surface area contributed by atoms with Crippen molar-refractivity contribution in [2.24, 2.45) is 0 Å². The summed E-state index contributed by atoms with van der Waals surface area (Å²) < 4.78 is 4.76. The van der Waals surface area contributed by atoms with E-state index >= 15 is 0 Å². The van der Waals surface area contributed by atoms with E-state index in [0.29, 0.717) is 11.4 Å². The van der Waals surface area contributed by atoms with Crippen molar-refractivity contribution in [3.05, 3.63) is 29.6 Å². The van der Waals surface area contributed by atoms with Crippen molar-refractivity contribution in [3.8, 4) is 5.75 Å². The molecule has 0 atom stereocenters. The fourth-order valence-corrected chi connectivity index (χ4v) is 0.682. The predicted molar refractivity (Wildman–Crippen MR) is 57.5 cm³/mol. The van der Waals surface area contributed by atoms with E-state index in [4.69, 9.17) is 10.5 Å². The summed E-state index contributed by atoms with van der Waals surface area (Å²) in [4.78, 5) is 10.6. The monoisotopic (exact) mass is 297 g/mol. The summed E-state index contributed by atoms with van der Waals surface area (Å²) >= 11 is 0. The number of nitrogen functional groups attached to an aromatic ring is 1. The zero-order chi connectivity index (χ0) is 11.0. The molecule has 0 aromatic heterocycles. The molecule has 0 heterocycles. The van der Waals surface area contributed by atoms with E-state index in [1.54, 1.807) is 24.3 Å². The Bertz CT molecular complexity index is 275. The molecule has 1 aromatic carbocycles. The van der Waals surface area contributed by atoms with Crippen LogP contribution in [-0.4, -0.2) is 13.1 Å². The Hall–Kier alpha value is -1.09. The molecule has 0 spiro atoms. The van der Waals surface area contributed by atoms with Gasteiger partial charge >= 0.3 is 19.5 Å². The van der Waals surface area contributed by atoms with Gasteiger partial charge in [0.25, 0.3) is 0 Å². The van der Waals surface area contributed by atoms with Crippen molar-refractivity contribution in [3.63, 3.8) is 0 Å². The van der Waals surface area contributed by atoms with E-state index in [2.05, 4.69) is 5.32 Å². The minimum Gasteiger partial charge on any atom is -0.619 e. The van der Waals surface area contributed by atoms with Crippen LogP contribution in [0.15, 0.2) is 24.3 Å². The van der Waals surface area contributed by atoms with Crippen LogP contribution >= 0.6 is 0 Å². The van der Waals surface area contributed by atoms with Crippen LogP contribution in [0, 0.1) is 0 Å². The van der Waals surface area contributed by atoms with Crippen LogP contribution in [0.4, 0.5) is 10.5 Å². The summed E-state index contributed by atoms with van der Waals surface area (Å²) in [6, 6.07) is 6.52. The molecule has 2 N–H and O–H groups in total. The van der Waals surface area contributed by atoms with Crippen molar-refractivity contribution >= 4 is 11.8 Å². The van der Waals surface area contributed by atoms with Gasteiger partial charge in [-0.2, -0.15) is 0 Å². The average molecular weight is 296 g/mol. The van der Waals surface area contributed by atoms with Gasteiger partial charge in [-0.25, -0.2) is 0 Å². The molecule has 0 aliphatic heterocycles. The van der Waals surface area contributed by atoms with E-state index in [1.807, 2.05) is 13.8 Å². The second-order valence-corrected chi connectivity index (χ2v) is 2.16. The molecule has 15 heavy (non-hydrogen) atoms. The number of ether oxygens (including phenoxy) is 1. The SMILES string of the molecule is CC.C[N-]C(=O)Oc1ccc(N)cc1.[Ru+]. The normalized spacial score (nSPS) is 7.67. The van der Waals surface area contributed by atoms with Gasteiger partial charge in [-0.05, 0) is 24.3 Å². The number of nitrogens with two attached hydrogens (primary N) is 1. The Balaban J connectivity index is 0. The van der Waals surface area contributed by atoms with Crippen LogP contribution in [0.2, 0.25) is 0 Å². The summed E-state index contributed by atoms with van der Waals surface area (Å²) in [6.45, 7) is 4.00. The number of anilines is 1. The average Bonchev–Trinajstić information content (AvgIpc) is 2.24. The van der Waals surface area contributed by atoms with Crippen molar-refractivity contribution in [1.82, 2.24) is 0 Å². The Labute approximate surface area is 103 Å². The number of amides is 1. The van der Waals surface area contributed by atoms with Crippen LogP contribution in [0.5, 0.6) is 5.75 Å². The van der Waals surface area contributed by atoms with Gasteiger partial charge in [-0.15, -0.1) is 7.05 Å². The quantitative estimate of drug-likeness (QED) is 0.640. The van der Waals surface area contributed by atoms with Crippen LogP contribution in [-0.2, 0) is 19.5 Å². The molecular weight excluding hydrogens is 281 g/mol. The molecule has 0 aliphatic rings. The number of hydrogen-bond acceptors (Lipinski definition) is 3. The number of carbonyl (C=O) groups excluding carboxylic acids is 1. The largest absolute Gasteiger partial charge is 1.00 e. The minimum absolute atomic E-state index is 0. The van der Waals surface area contributed by atoms with E-state index < -0.39 is 6.09 Å². The Morgan fingerprint density at radius 3 is 2.13 bits per heavy atom. The Morgan fingerprint density at radius 2 is 1.73 bits per heavy atom. The zero-order valence-electron chi connectivity index (χ0n) is 9.00. The fourth-order valence-electron chi connectivity index (χ4n) is 0.682. The molecule has 1 rings (SSSR count). The Kier molecular flexibility index (Phi) is 10.3. The third kappa shape index (κ3) is 6.92. The number of benzene rings is 1. The van der Waals surface area contributed by atoms with Gasteiger partial charge in [0.05, 0.1) is 0 Å². The maximum Gasteiger partial charge on any atom is 1.00 e. The summed E-state index contributed by atoms with van der Waals surface area (Å²) in [6.07, 6.45) is -0.611. The van der Waals surface area contributed by atoms with Gasteiger partial charge in [0.2, 0.25) is 6.09 Å². The molecular formula is C10H15N2O2Ru. The van der Waals surface area contributed by atoms with E-state index in [0.717, 1.165) is 0 Å². The number of rotatable bonds is 1. The molecule has 0 saturated carbocycles. The molecule has 0 fully saturated rings. The summed E-state index contributed by atoms with van der Waals surface area (Å²) in [7, 11) is 1.37. The summed E-state index contributed by atoms with van der Waals surface area (Å²) in [5, 5.41) is 3.31. The van der Waals surface area contributed by atoms with E-state index in [-0.39, 0.29) is 19.5 Å². The van der Waals surface area contributed by atoms with Crippen molar-refractivity contribution < 1.29 is 29.0 Å². The third-order valence-electron chi connectivity index (χ3n) is 1.27. The second kappa shape index (κ2) is 9.47. The van der Waals surface area contributed by atoms with Gasteiger partial charge < -0.3 is 15.8 Å². The van der Waals surface area contributed by atoms with Crippen LogP contribution in [0.3, 0.4) is 0 Å². The number of hydrogen-bond donors (Lipinski definition) is 1. The fraction of sp³-hybridized carbons (Fsp3) is 0.300. The van der Waals surface area contributed by atoms with Crippen LogP contribution in [0.1, 0.15) is 13.8 Å². The molecule has 1 aromatic rings. The number of nitrogens with zero attached hydrogens (tertiary/aromatic N) is 1. The first kappa shape index (κ1) is 16.3. The first-order valence-electron chi connectivity index (χ1n) is 4.39. The Morgan fingerprint density at radius 1 is 1.27 bits per heavy atom. The minimum atomic E-state index is -0.611. The summed E-state index contributed by atoms with van der Waals surface area (Å²) in [5.41, 5.74) is 6.05. The van der Waals surface area contributed by atoms with E-state index in [1.165, 1.54) is 7.05 Å². The molecule has 0 saturated heterocycles. The standard InChI is InChI=1S/C8H10N2O2.C2H6.Ru/c1-10-8(11)12-7-4-2-6(9)3-5-7;1-2;/h2-5H,9H2,1H3,(H,10,11);1-2H3;/q;;+1/p-1. The van der Waals surface area contributed by atoms with Gasteiger partial charge in [0.15, 0.2) is 0 Å². The summed E-state index contributed by atoms with van der Waals surface area (Å²) in [5.74, 6) is 0.444. The molecule has 85 valence electrons. The van der Waals surface area contributed by atoms with Crippen molar-refractivity contribution in [2.75, 3.05) is 12.8 Å². The first-order chi connectivity index (χ1) is 6.72. The van der Waals surface area contributed by atoms with Gasteiger partial charge in [-0.3, -0.25) is 4.79 Å². The molecule has 1 radical (unpaired) electrons. The molecule has 5 heteroatoms. The van der Waals surface area contributed by atoms with Gasteiger partial charge in [-0.1, -0.05) is 13.8 Å². The predicted octanol–water partition coefficient (Wildman–Crippen LogP) is 2.79. The molecule has 1 amide bonds. The third-order valence-corrected chi connectivity index (χ3v) is 1.27. The zero-order valence-corrected chi connectivity index (χ0v) is 10.7. The molecule has 4 nitrogen and oxygen atoms in total. The molecule has 0 bridgehead atoms. The smallest absolute Gasteiger partial charge is 0.619 e.